The van der Waals surface area contributed by atoms with Crippen molar-refractivity contribution in [2.75, 3.05) is 14.2 Å². The topological polar surface area (TPSA) is 52.5 Å². The Morgan fingerprint density at radius 2 is 1.89 bits per heavy atom. The Morgan fingerprint density at radius 3 is 2.37 bits per heavy atom. The van der Waals surface area contributed by atoms with Crippen LogP contribution in [0.2, 0.25) is 0 Å². The van der Waals surface area contributed by atoms with Crippen LogP contribution >= 0.6 is 15.9 Å². The number of nitrogens with zero attached hydrogens (tertiary/aromatic N) is 1. The smallest absolute Gasteiger partial charge is 0.268 e. The van der Waals surface area contributed by atoms with Gasteiger partial charge in [-0.05, 0) is 42.8 Å². The molecule has 108 valence electrons. The van der Waals surface area contributed by atoms with E-state index >= 15 is 0 Å². The van der Waals surface area contributed by atoms with Crippen LogP contribution in [0.3, 0.4) is 0 Å². The second-order valence-corrected chi connectivity index (χ2v) is 5.56. The molecule has 0 spiro atoms. The van der Waals surface area contributed by atoms with Crippen LogP contribution < -0.4 is 5.32 Å². The first-order valence-corrected chi connectivity index (χ1v) is 6.93. The van der Waals surface area contributed by atoms with E-state index in [1.165, 1.54) is 0 Å². The zero-order valence-electron chi connectivity index (χ0n) is 11.9. The van der Waals surface area contributed by atoms with Crippen molar-refractivity contribution in [1.82, 2.24) is 9.88 Å². The predicted molar refractivity (Wildman–Crippen MR) is 77.3 cm³/mol. The van der Waals surface area contributed by atoms with E-state index in [1.54, 1.807) is 20.3 Å². The van der Waals surface area contributed by atoms with Crippen molar-refractivity contribution < 1.29 is 14.3 Å². The molecule has 0 aliphatic heterocycles. The lowest BCUT2D eigenvalue weighted by Crippen LogP contribution is -2.43. The summed E-state index contributed by atoms with van der Waals surface area (Å²) in [5, 5.41) is 2.88. The standard InChI is InChI=1S/C13H21BrN2O3/c1-8(2)16-7-10(14)6-11(16)12(17)15-9(3)13(18-4)19-5/h6-9,13H,1-5H3,(H,15,17). The van der Waals surface area contributed by atoms with Crippen LogP contribution in [0.4, 0.5) is 0 Å². The molecule has 0 saturated heterocycles. The van der Waals surface area contributed by atoms with Crippen molar-refractivity contribution in [2.24, 2.45) is 0 Å². The summed E-state index contributed by atoms with van der Waals surface area (Å²) in [7, 11) is 3.09. The van der Waals surface area contributed by atoms with Gasteiger partial charge in [0.1, 0.15) is 5.69 Å². The summed E-state index contributed by atoms with van der Waals surface area (Å²) in [6.45, 7) is 5.90. The molecule has 6 heteroatoms. The molecular formula is C13H21BrN2O3. The van der Waals surface area contributed by atoms with Crippen molar-refractivity contribution in [2.45, 2.75) is 39.1 Å². The number of halogens is 1. The van der Waals surface area contributed by atoms with Crippen LogP contribution in [0.15, 0.2) is 16.7 Å². The van der Waals surface area contributed by atoms with E-state index in [-0.39, 0.29) is 18.0 Å². The fourth-order valence-corrected chi connectivity index (χ4v) is 2.35. The number of carbonyl (C=O) groups is 1. The number of nitrogens with one attached hydrogen (secondary N) is 1. The van der Waals surface area contributed by atoms with E-state index in [2.05, 4.69) is 21.2 Å². The molecule has 1 N–H and O–H groups in total. The van der Waals surface area contributed by atoms with Crippen molar-refractivity contribution in [1.29, 1.82) is 0 Å². The Balaban J connectivity index is 2.83. The molecule has 1 aromatic rings. The highest BCUT2D eigenvalue weighted by Gasteiger charge is 2.21. The molecule has 1 unspecified atom stereocenters. The van der Waals surface area contributed by atoms with Gasteiger partial charge in [0, 0.05) is 30.9 Å². The minimum Gasteiger partial charge on any atom is -0.354 e. The molecule has 1 aromatic heterocycles. The maximum Gasteiger partial charge on any atom is 0.268 e. The first kappa shape index (κ1) is 16.2. The zero-order chi connectivity index (χ0) is 14.6. The van der Waals surface area contributed by atoms with E-state index in [0.29, 0.717) is 5.69 Å². The predicted octanol–water partition coefficient (Wildman–Crippen LogP) is 2.57. The van der Waals surface area contributed by atoms with E-state index < -0.39 is 6.29 Å². The lowest BCUT2D eigenvalue weighted by Gasteiger charge is -2.22. The van der Waals surface area contributed by atoms with Gasteiger partial charge >= 0.3 is 0 Å². The number of hydrogen-bond donors (Lipinski definition) is 1. The third-order valence-electron chi connectivity index (χ3n) is 2.84. The Labute approximate surface area is 122 Å². The van der Waals surface area contributed by atoms with E-state index in [0.717, 1.165) is 4.47 Å². The van der Waals surface area contributed by atoms with Gasteiger partial charge in [-0.1, -0.05) is 0 Å². The minimum absolute atomic E-state index is 0.147. The number of aromatic nitrogens is 1. The molecule has 0 bridgehead atoms. The van der Waals surface area contributed by atoms with Gasteiger partial charge in [0.2, 0.25) is 0 Å². The van der Waals surface area contributed by atoms with Crippen molar-refractivity contribution in [3.8, 4) is 0 Å². The third-order valence-corrected chi connectivity index (χ3v) is 3.27. The lowest BCUT2D eigenvalue weighted by molar-refractivity contribution is -0.117. The highest BCUT2D eigenvalue weighted by Crippen LogP contribution is 2.19. The Bertz CT molecular complexity index is 428. The summed E-state index contributed by atoms with van der Waals surface area (Å²) in [5.41, 5.74) is 0.611. The first-order valence-electron chi connectivity index (χ1n) is 6.14. The molecule has 0 aromatic carbocycles. The van der Waals surface area contributed by atoms with Gasteiger partial charge in [-0.2, -0.15) is 0 Å². The second-order valence-electron chi connectivity index (χ2n) is 4.65. The summed E-state index contributed by atoms with van der Waals surface area (Å²) in [6, 6.07) is 1.77. The number of hydrogen-bond acceptors (Lipinski definition) is 3. The van der Waals surface area contributed by atoms with E-state index in [1.807, 2.05) is 31.5 Å². The molecule has 0 fully saturated rings. The summed E-state index contributed by atoms with van der Waals surface area (Å²) in [6.07, 6.45) is 1.43. The summed E-state index contributed by atoms with van der Waals surface area (Å²) >= 11 is 3.39. The van der Waals surface area contributed by atoms with Gasteiger partial charge in [-0.25, -0.2) is 0 Å². The number of ether oxygens (including phenoxy) is 2. The Hall–Kier alpha value is -0.850. The zero-order valence-corrected chi connectivity index (χ0v) is 13.5. The summed E-state index contributed by atoms with van der Waals surface area (Å²) in [4.78, 5) is 12.3. The van der Waals surface area contributed by atoms with Crippen LogP contribution in [0.25, 0.3) is 0 Å². The molecule has 1 amide bonds. The van der Waals surface area contributed by atoms with Crippen LogP contribution in [0.5, 0.6) is 0 Å². The fraction of sp³-hybridized carbons (Fsp3) is 0.615. The van der Waals surface area contributed by atoms with Crippen LogP contribution in [0, 0.1) is 0 Å². The molecule has 1 atom stereocenters. The van der Waals surface area contributed by atoms with E-state index in [4.69, 9.17) is 9.47 Å². The maximum atomic E-state index is 12.3. The molecule has 5 nitrogen and oxygen atoms in total. The minimum atomic E-state index is -0.463. The van der Waals surface area contributed by atoms with Crippen LogP contribution in [-0.4, -0.2) is 37.0 Å². The summed E-state index contributed by atoms with van der Waals surface area (Å²) in [5.74, 6) is -0.147. The van der Waals surface area contributed by atoms with Gasteiger partial charge < -0.3 is 19.4 Å². The highest BCUT2D eigenvalue weighted by atomic mass is 79.9. The van der Waals surface area contributed by atoms with E-state index in [9.17, 15) is 4.79 Å². The van der Waals surface area contributed by atoms with Crippen LogP contribution in [0.1, 0.15) is 37.3 Å². The summed E-state index contributed by atoms with van der Waals surface area (Å²) < 4.78 is 13.1. The van der Waals surface area contributed by atoms with Gasteiger partial charge in [0.05, 0.1) is 6.04 Å². The molecular weight excluding hydrogens is 312 g/mol. The largest absolute Gasteiger partial charge is 0.354 e. The average molecular weight is 333 g/mol. The maximum absolute atomic E-state index is 12.3. The second kappa shape index (κ2) is 7.07. The molecule has 1 rings (SSSR count). The van der Waals surface area contributed by atoms with Crippen LogP contribution in [-0.2, 0) is 9.47 Å². The van der Waals surface area contributed by atoms with Gasteiger partial charge in [0.25, 0.3) is 5.91 Å². The quantitative estimate of drug-likeness (QED) is 0.814. The number of carbonyl (C=O) groups excluding carboxylic acids is 1. The monoisotopic (exact) mass is 332 g/mol. The molecule has 0 saturated carbocycles. The van der Waals surface area contributed by atoms with Crippen molar-refractivity contribution in [3.63, 3.8) is 0 Å². The Kier molecular flexibility index (Phi) is 6.03. The number of methoxy groups -OCH3 is 2. The molecule has 1 heterocycles. The number of rotatable bonds is 6. The Morgan fingerprint density at radius 1 is 1.32 bits per heavy atom. The molecule has 0 aliphatic rings. The SMILES string of the molecule is COC(OC)C(C)NC(=O)c1cc(Br)cn1C(C)C. The number of amides is 1. The van der Waals surface area contributed by atoms with Gasteiger partial charge in [-0.3, -0.25) is 4.79 Å². The normalized spacial score (nSPS) is 13.1. The van der Waals surface area contributed by atoms with Crippen molar-refractivity contribution in [3.05, 3.63) is 22.4 Å². The lowest BCUT2D eigenvalue weighted by atomic mass is 10.3. The highest BCUT2D eigenvalue weighted by molar-refractivity contribution is 9.10. The fourth-order valence-electron chi connectivity index (χ4n) is 1.91. The van der Waals surface area contributed by atoms with Gasteiger partial charge in [0.15, 0.2) is 6.29 Å². The molecule has 19 heavy (non-hydrogen) atoms. The molecule has 0 radical (unpaired) electrons. The molecule has 0 aliphatic carbocycles. The third kappa shape index (κ3) is 4.06. The van der Waals surface area contributed by atoms with Gasteiger partial charge in [-0.15, -0.1) is 0 Å². The first-order chi connectivity index (χ1) is 8.90. The average Bonchev–Trinajstić information content (AvgIpc) is 2.73. The van der Waals surface area contributed by atoms with Crippen molar-refractivity contribution >= 4 is 21.8 Å².